The molecule has 0 heterocycles. The van der Waals surface area contributed by atoms with Crippen molar-refractivity contribution in [3.63, 3.8) is 0 Å². The van der Waals surface area contributed by atoms with Crippen molar-refractivity contribution in [2.45, 2.75) is 32.4 Å². The summed E-state index contributed by atoms with van der Waals surface area (Å²) in [5.74, 6) is -1.67. The molecule has 2 unspecified atom stereocenters. The van der Waals surface area contributed by atoms with Gasteiger partial charge in [-0.25, -0.2) is 8.78 Å². The predicted molar refractivity (Wildman–Crippen MR) is 67.7 cm³/mol. The number of carbonyl (C=O) groups excluding carboxylic acids is 1. The van der Waals surface area contributed by atoms with Gasteiger partial charge < -0.3 is 15.8 Å². The molecule has 1 aromatic carbocycles. The molecule has 0 aliphatic carbocycles. The number of amides is 1. The van der Waals surface area contributed by atoms with Crippen molar-refractivity contribution in [3.8, 4) is 5.75 Å². The Morgan fingerprint density at radius 2 is 2.11 bits per heavy atom. The maximum absolute atomic E-state index is 13.3. The highest BCUT2D eigenvalue weighted by Crippen LogP contribution is 2.17. The second-order valence-electron chi connectivity index (χ2n) is 4.54. The van der Waals surface area contributed by atoms with E-state index in [4.69, 9.17) is 10.5 Å². The van der Waals surface area contributed by atoms with Crippen molar-refractivity contribution in [2.75, 3.05) is 6.61 Å². The van der Waals surface area contributed by atoms with E-state index in [-0.39, 0.29) is 36.8 Å². The van der Waals surface area contributed by atoms with Gasteiger partial charge in [-0.15, -0.1) is 0 Å². The van der Waals surface area contributed by atoms with Gasteiger partial charge in [0.1, 0.15) is 12.4 Å². The average molecular weight is 272 g/mol. The van der Waals surface area contributed by atoms with E-state index in [0.29, 0.717) is 0 Å². The van der Waals surface area contributed by atoms with E-state index >= 15 is 0 Å². The molecular formula is C13H18F2N2O2. The zero-order valence-corrected chi connectivity index (χ0v) is 11.0. The van der Waals surface area contributed by atoms with Crippen molar-refractivity contribution >= 4 is 5.91 Å². The lowest BCUT2D eigenvalue weighted by Crippen LogP contribution is -2.39. The molecule has 1 amide bonds. The molecule has 0 aliphatic rings. The number of rotatable bonds is 6. The lowest BCUT2D eigenvalue weighted by molar-refractivity contribution is -0.122. The zero-order chi connectivity index (χ0) is 14.4. The molecule has 1 aromatic rings. The highest BCUT2D eigenvalue weighted by Gasteiger charge is 2.11. The minimum atomic E-state index is -0.769. The molecule has 0 aromatic heterocycles. The molecule has 3 N–H and O–H groups in total. The average Bonchev–Trinajstić information content (AvgIpc) is 2.26. The minimum Gasteiger partial charge on any atom is -0.488 e. The molecule has 2 atom stereocenters. The highest BCUT2D eigenvalue weighted by molar-refractivity contribution is 5.76. The number of nitrogens with one attached hydrogen (secondary N) is 1. The molecule has 19 heavy (non-hydrogen) atoms. The van der Waals surface area contributed by atoms with Gasteiger partial charge in [0, 0.05) is 18.5 Å². The lowest BCUT2D eigenvalue weighted by atomic mass is 10.2. The van der Waals surface area contributed by atoms with Gasteiger partial charge in [0.05, 0.1) is 6.04 Å². The first-order valence-electron chi connectivity index (χ1n) is 6.01. The Morgan fingerprint density at radius 1 is 1.42 bits per heavy atom. The summed E-state index contributed by atoms with van der Waals surface area (Å²) in [6.45, 7) is 3.54. The fraction of sp³-hybridized carbons (Fsp3) is 0.462. The number of benzene rings is 1. The van der Waals surface area contributed by atoms with Gasteiger partial charge in [-0.3, -0.25) is 4.79 Å². The van der Waals surface area contributed by atoms with E-state index in [1.165, 1.54) is 6.07 Å². The van der Waals surface area contributed by atoms with Crippen LogP contribution in [0.3, 0.4) is 0 Å². The van der Waals surface area contributed by atoms with Crippen LogP contribution in [0.4, 0.5) is 8.78 Å². The fourth-order valence-electron chi connectivity index (χ4n) is 1.47. The van der Waals surface area contributed by atoms with Crippen LogP contribution < -0.4 is 15.8 Å². The van der Waals surface area contributed by atoms with Gasteiger partial charge in [-0.1, -0.05) is 0 Å². The number of nitrogens with two attached hydrogens (primary N) is 1. The van der Waals surface area contributed by atoms with E-state index in [1.807, 2.05) is 0 Å². The first-order chi connectivity index (χ1) is 8.88. The summed E-state index contributed by atoms with van der Waals surface area (Å²) in [5, 5.41) is 2.67. The number of hydrogen-bond donors (Lipinski definition) is 2. The molecule has 0 fully saturated rings. The van der Waals surface area contributed by atoms with Gasteiger partial charge >= 0.3 is 0 Å². The number of hydrogen-bond acceptors (Lipinski definition) is 3. The molecule has 106 valence electrons. The van der Waals surface area contributed by atoms with E-state index in [9.17, 15) is 13.6 Å². The summed E-state index contributed by atoms with van der Waals surface area (Å²) in [6, 6.07) is 2.55. The molecule has 4 nitrogen and oxygen atoms in total. The van der Waals surface area contributed by atoms with Crippen LogP contribution in [-0.2, 0) is 4.79 Å². The lowest BCUT2D eigenvalue weighted by Gasteiger charge is -2.16. The van der Waals surface area contributed by atoms with E-state index < -0.39 is 11.6 Å². The van der Waals surface area contributed by atoms with Gasteiger partial charge in [0.15, 0.2) is 11.6 Å². The molecule has 0 spiro atoms. The topological polar surface area (TPSA) is 64.4 Å². The Balaban J connectivity index is 2.41. The quantitative estimate of drug-likeness (QED) is 0.826. The van der Waals surface area contributed by atoms with Crippen LogP contribution in [0.25, 0.3) is 0 Å². The Kier molecular flexibility index (Phi) is 5.69. The van der Waals surface area contributed by atoms with Crippen LogP contribution >= 0.6 is 0 Å². The monoisotopic (exact) mass is 272 g/mol. The number of halogens is 2. The largest absolute Gasteiger partial charge is 0.488 e. The molecule has 0 radical (unpaired) electrons. The van der Waals surface area contributed by atoms with Crippen LogP contribution in [0.2, 0.25) is 0 Å². The first kappa shape index (κ1) is 15.4. The van der Waals surface area contributed by atoms with Crippen molar-refractivity contribution in [1.82, 2.24) is 5.32 Å². The van der Waals surface area contributed by atoms with Gasteiger partial charge in [-0.05, 0) is 26.0 Å². The molecule has 1 rings (SSSR count). The molecule has 0 aliphatic heterocycles. The SMILES string of the molecule is CC(N)CC(=O)NC(C)COc1ccc(F)cc1F. The Morgan fingerprint density at radius 3 is 2.68 bits per heavy atom. The van der Waals surface area contributed by atoms with Crippen molar-refractivity contribution < 1.29 is 18.3 Å². The van der Waals surface area contributed by atoms with E-state index in [1.54, 1.807) is 13.8 Å². The second-order valence-corrected chi connectivity index (χ2v) is 4.54. The van der Waals surface area contributed by atoms with E-state index in [2.05, 4.69) is 5.32 Å². The summed E-state index contributed by atoms with van der Waals surface area (Å²) in [7, 11) is 0. The maximum Gasteiger partial charge on any atom is 0.221 e. The molecule has 0 saturated heterocycles. The fourth-order valence-corrected chi connectivity index (χ4v) is 1.47. The van der Waals surface area contributed by atoms with E-state index in [0.717, 1.165) is 12.1 Å². The molecule has 0 saturated carbocycles. The first-order valence-corrected chi connectivity index (χ1v) is 6.01. The van der Waals surface area contributed by atoms with Crippen molar-refractivity contribution in [1.29, 1.82) is 0 Å². The molecule has 6 heteroatoms. The normalized spacial score (nSPS) is 13.7. The number of carbonyl (C=O) groups is 1. The summed E-state index contributed by atoms with van der Waals surface area (Å²) in [6.07, 6.45) is 0.218. The highest BCUT2D eigenvalue weighted by atomic mass is 19.1. The van der Waals surface area contributed by atoms with Crippen LogP contribution in [0.15, 0.2) is 18.2 Å². The Labute approximate surface area is 110 Å². The minimum absolute atomic E-state index is 0.0466. The zero-order valence-electron chi connectivity index (χ0n) is 11.0. The van der Waals surface area contributed by atoms with Crippen LogP contribution in [0.5, 0.6) is 5.75 Å². The van der Waals surface area contributed by atoms with Crippen LogP contribution in [0, 0.1) is 11.6 Å². The third kappa shape index (κ3) is 5.65. The summed E-state index contributed by atoms with van der Waals surface area (Å²) < 4.78 is 31.1. The second kappa shape index (κ2) is 7.04. The summed E-state index contributed by atoms with van der Waals surface area (Å²) in [4.78, 5) is 11.4. The summed E-state index contributed by atoms with van der Waals surface area (Å²) >= 11 is 0. The third-order valence-corrected chi connectivity index (χ3v) is 2.30. The van der Waals surface area contributed by atoms with Crippen molar-refractivity contribution in [2.24, 2.45) is 5.73 Å². The number of ether oxygens (including phenoxy) is 1. The van der Waals surface area contributed by atoms with Gasteiger partial charge in [0.25, 0.3) is 0 Å². The Bertz CT molecular complexity index is 439. The Hall–Kier alpha value is -1.69. The maximum atomic E-state index is 13.3. The van der Waals surface area contributed by atoms with Crippen molar-refractivity contribution in [3.05, 3.63) is 29.8 Å². The van der Waals surface area contributed by atoms with Crippen LogP contribution in [-0.4, -0.2) is 24.6 Å². The predicted octanol–water partition coefficient (Wildman–Crippen LogP) is 1.59. The van der Waals surface area contributed by atoms with Gasteiger partial charge in [-0.2, -0.15) is 0 Å². The molecular weight excluding hydrogens is 254 g/mol. The standard InChI is InChI=1S/C13H18F2N2O2/c1-8(16)5-13(18)17-9(2)7-19-12-4-3-10(14)6-11(12)15/h3-4,6,8-9H,5,7,16H2,1-2H3,(H,17,18). The summed E-state index contributed by atoms with van der Waals surface area (Å²) in [5.41, 5.74) is 5.49. The smallest absolute Gasteiger partial charge is 0.221 e. The van der Waals surface area contributed by atoms with Gasteiger partial charge in [0.2, 0.25) is 5.91 Å². The third-order valence-electron chi connectivity index (χ3n) is 2.30. The molecule has 0 bridgehead atoms. The van der Waals surface area contributed by atoms with Crippen LogP contribution in [0.1, 0.15) is 20.3 Å².